The summed E-state index contributed by atoms with van der Waals surface area (Å²) in [6.07, 6.45) is 6.47. The summed E-state index contributed by atoms with van der Waals surface area (Å²) < 4.78 is 66.6. The van der Waals surface area contributed by atoms with E-state index in [9.17, 15) is 22.0 Å². The summed E-state index contributed by atoms with van der Waals surface area (Å²) in [6, 6.07) is 11.2. The molecule has 0 N–H and O–H groups in total. The summed E-state index contributed by atoms with van der Waals surface area (Å²) >= 11 is 0. The van der Waals surface area contributed by atoms with Crippen LogP contribution in [0.1, 0.15) is 44.1 Å². The molecule has 0 radical (unpaired) electrons. The lowest BCUT2D eigenvalue weighted by atomic mass is 9.79. The van der Waals surface area contributed by atoms with Crippen molar-refractivity contribution in [2.45, 2.75) is 51.3 Å². The first-order chi connectivity index (χ1) is 14.8. The zero-order valence-corrected chi connectivity index (χ0v) is 17.3. The van der Waals surface area contributed by atoms with Gasteiger partial charge in [0.25, 0.3) is 0 Å². The van der Waals surface area contributed by atoms with Gasteiger partial charge in [-0.3, -0.25) is 4.39 Å². The number of hydrogen-bond acceptors (Lipinski definition) is 1. The van der Waals surface area contributed by atoms with Gasteiger partial charge in [0.05, 0.1) is 6.67 Å². The molecule has 0 aliphatic heterocycles. The molecule has 1 aliphatic rings. The van der Waals surface area contributed by atoms with Crippen LogP contribution < -0.4 is 4.74 Å². The second-order valence-corrected chi connectivity index (χ2v) is 8.12. The highest BCUT2D eigenvalue weighted by Crippen LogP contribution is 2.33. The Kier molecular flexibility index (Phi) is 8.10. The summed E-state index contributed by atoms with van der Waals surface area (Å²) in [6.45, 7) is -0.294. The van der Waals surface area contributed by atoms with Crippen LogP contribution in [0.15, 0.2) is 54.6 Å². The number of ether oxygens (including phenoxy) is 1. The summed E-state index contributed by atoms with van der Waals surface area (Å²) in [4.78, 5) is 0. The summed E-state index contributed by atoms with van der Waals surface area (Å²) in [7, 11) is 0. The Hall–Kier alpha value is -2.37. The van der Waals surface area contributed by atoms with Gasteiger partial charge < -0.3 is 4.74 Å². The smallest absolute Gasteiger partial charge is 0.403 e. The lowest BCUT2D eigenvalue weighted by Gasteiger charge is -2.26. The Morgan fingerprint density at radius 3 is 2.23 bits per heavy atom. The van der Waals surface area contributed by atoms with Gasteiger partial charge in [-0.15, -0.1) is 13.2 Å². The van der Waals surface area contributed by atoms with E-state index in [1.165, 1.54) is 24.5 Å². The van der Waals surface area contributed by atoms with Crippen molar-refractivity contribution in [2.75, 3.05) is 6.67 Å². The maximum Gasteiger partial charge on any atom is 0.573 e. The van der Waals surface area contributed by atoms with E-state index in [0.29, 0.717) is 23.8 Å². The minimum absolute atomic E-state index is 0.294. The standard InChI is InChI=1S/C25H27F5O/c26-16-2-1-3-18-4-6-19(7-5-18)8-9-20-10-12-21(13-11-20)22-14-15-24(23(27)17-22)31-25(28,29)30/h1,3,10-15,17-19H,2,4-9,16H2/b3-1+. The zero-order chi connectivity index (χ0) is 22.3. The topological polar surface area (TPSA) is 9.23 Å². The molecule has 1 nitrogen and oxygen atoms in total. The zero-order valence-electron chi connectivity index (χ0n) is 17.3. The number of allylic oxidation sites excluding steroid dienone is 2. The molecular formula is C25H27F5O. The van der Waals surface area contributed by atoms with Crippen molar-refractivity contribution in [1.29, 1.82) is 0 Å². The minimum atomic E-state index is -4.92. The fourth-order valence-corrected chi connectivity index (χ4v) is 4.14. The van der Waals surface area contributed by atoms with Crippen LogP contribution in [-0.2, 0) is 6.42 Å². The average molecular weight is 438 g/mol. The van der Waals surface area contributed by atoms with Crippen LogP contribution in [0.2, 0.25) is 0 Å². The fraction of sp³-hybridized carbons (Fsp3) is 0.440. The third-order valence-electron chi connectivity index (χ3n) is 5.86. The van der Waals surface area contributed by atoms with E-state index in [0.717, 1.165) is 43.4 Å². The molecule has 31 heavy (non-hydrogen) atoms. The molecule has 0 unspecified atom stereocenters. The van der Waals surface area contributed by atoms with E-state index >= 15 is 0 Å². The number of benzene rings is 2. The van der Waals surface area contributed by atoms with Gasteiger partial charge in [0, 0.05) is 0 Å². The number of alkyl halides is 4. The molecule has 6 heteroatoms. The van der Waals surface area contributed by atoms with Gasteiger partial charge in [-0.05, 0) is 85.6 Å². The third kappa shape index (κ3) is 7.37. The highest BCUT2D eigenvalue weighted by Gasteiger charge is 2.32. The maximum absolute atomic E-state index is 13.9. The normalized spacial score (nSPS) is 19.6. The molecule has 3 rings (SSSR count). The van der Waals surface area contributed by atoms with Crippen molar-refractivity contribution in [3.05, 3.63) is 66.0 Å². The molecule has 1 saturated carbocycles. The summed E-state index contributed by atoms with van der Waals surface area (Å²) in [5, 5.41) is 0. The molecule has 0 aromatic heterocycles. The first kappa shape index (κ1) is 23.3. The van der Waals surface area contributed by atoms with E-state index in [1.54, 1.807) is 0 Å². The number of hydrogen-bond donors (Lipinski definition) is 0. The van der Waals surface area contributed by atoms with Crippen molar-refractivity contribution >= 4 is 0 Å². The monoisotopic (exact) mass is 438 g/mol. The Morgan fingerprint density at radius 2 is 1.61 bits per heavy atom. The van der Waals surface area contributed by atoms with E-state index in [2.05, 4.69) is 10.8 Å². The van der Waals surface area contributed by atoms with Gasteiger partial charge in [0.2, 0.25) is 0 Å². The summed E-state index contributed by atoms with van der Waals surface area (Å²) in [5.74, 6) is -0.606. The first-order valence-electron chi connectivity index (χ1n) is 10.7. The van der Waals surface area contributed by atoms with E-state index in [1.807, 2.05) is 30.3 Å². The summed E-state index contributed by atoms with van der Waals surface area (Å²) in [5.41, 5.74) is 2.42. The fourth-order valence-electron chi connectivity index (χ4n) is 4.14. The number of aryl methyl sites for hydroxylation is 1. The van der Waals surface area contributed by atoms with Crippen molar-refractivity contribution in [2.24, 2.45) is 11.8 Å². The molecule has 0 amide bonds. The highest BCUT2D eigenvalue weighted by atomic mass is 19.4. The molecule has 0 saturated heterocycles. The van der Waals surface area contributed by atoms with Crippen LogP contribution in [0.5, 0.6) is 5.75 Å². The maximum atomic E-state index is 13.9. The van der Waals surface area contributed by atoms with E-state index in [4.69, 9.17) is 0 Å². The third-order valence-corrected chi connectivity index (χ3v) is 5.86. The van der Waals surface area contributed by atoms with Gasteiger partial charge in [-0.25, -0.2) is 4.39 Å². The van der Waals surface area contributed by atoms with E-state index < -0.39 is 17.9 Å². The number of rotatable bonds is 8. The molecule has 1 aliphatic carbocycles. The van der Waals surface area contributed by atoms with Gasteiger partial charge >= 0.3 is 6.36 Å². The largest absolute Gasteiger partial charge is 0.573 e. The van der Waals surface area contributed by atoms with Crippen LogP contribution >= 0.6 is 0 Å². The molecule has 168 valence electrons. The van der Waals surface area contributed by atoms with Crippen molar-refractivity contribution in [3.63, 3.8) is 0 Å². The van der Waals surface area contributed by atoms with Crippen LogP contribution in [0.4, 0.5) is 22.0 Å². The van der Waals surface area contributed by atoms with Gasteiger partial charge in [-0.1, -0.05) is 42.5 Å². The van der Waals surface area contributed by atoms with Crippen LogP contribution in [-0.4, -0.2) is 13.0 Å². The quantitative estimate of drug-likeness (QED) is 0.299. The average Bonchev–Trinajstić information content (AvgIpc) is 2.74. The van der Waals surface area contributed by atoms with E-state index in [-0.39, 0.29) is 6.67 Å². The SMILES string of the molecule is FCC/C=C/C1CCC(CCc2ccc(-c3ccc(OC(F)(F)F)c(F)c3)cc2)CC1. The van der Waals surface area contributed by atoms with Crippen LogP contribution in [0.3, 0.4) is 0 Å². The minimum Gasteiger partial charge on any atom is -0.403 e. The molecule has 2 aromatic carbocycles. The second-order valence-electron chi connectivity index (χ2n) is 8.12. The predicted octanol–water partition coefficient (Wildman–Crippen LogP) is 8.05. The molecule has 0 spiro atoms. The van der Waals surface area contributed by atoms with Crippen LogP contribution in [0, 0.1) is 17.7 Å². The second kappa shape index (κ2) is 10.8. The highest BCUT2D eigenvalue weighted by molar-refractivity contribution is 5.64. The number of halogens is 5. The predicted molar refractivity (Wildman–Crippen MR) is 112 cm³/mol. The van der Waals surface area contributed by atoms with Crippen molar-refractivity contribution in [3.8, 4) is 16.9 Å². The molecular weight excluding hydrogens is 411 g/mol. The Balaban J connectivity index is 1.50. The van der Waals surface area contributed by atoms with Gasteiger partial charge in [0.15, 0.2) is 11.6 Å². The molecule has 2 aromatic rings. The van der Waals surface area contributed by atoms with Gasteiger partial charge in [-0.2, -0.15) is 0 Å². The molecule has 1 fully saturated rings. The molecule has 0 atom stereocenters. The van der Waals surface area contributed by atoms with Gasteiger partial charge in [0.1, 0.15) is 0 Å². The Morgan fingerprint density at radius 1 is 0.935 bits per heavy atom. The Bertz CT molecular complexity index is 849. The lowest BCUT2D eigenvalue weighted by Crippen LogP contribution is -2.17. The first-order valence-corrected chi connectivity index (χ1v) is 10.7. The van der Waals surface area contributed by atoms with Crippen LogP contribution in [0.25, 0.3) is 11.1 Å². The molecule has 0 bridgehead atoms. The molecule has 0 heterocycles. The lowest BCUT2D eigenvalue weighted by molar-refractivity contribution is -0.275. The van der Waals surface area contributed by atoms with Crippen molar-refractivity contribution < 1.29 is 26.7 Å². The Labute approximate surface area is 179 Å². The van der Waals surface area contributed by atoms with Crippen molar-refractivity contribution in [1.82, 2.24) is 0 Å².